The molecule has 67 valence electrons. The van der Waals surface area contributed by atoms with Gasteiger partial charge in [-0.05, 0) is 0 Å². The number of carbonyl (C=O) groups excluding carboxylic acids is 2. The van der Waals surface area contributed by atoms with Crippen molar-refractivity contribution in [3.63, 3.8) is 0 Å². The molecular weight excluding hydrogens is 163 g/mol. The highest BCUT2D eigenvalue weighted by Gasteiger charge is 2.01. The zero-order valence-electron chi connectivity index (χ0n) is 6.92. The van der Waals surface area contributed by atoms with Gasteiger partial charge >= 0.3 is 13.6 Å². The van der Waals surface area contributed by atoms with Crippen molar-refractivity contribution in [1.29, 1.82) is 0 Å². The van der Waals surface area contributed by atoms with E-state index in [1.807, 2.05) is 0 Å². The summed E-state index contributed by atoms with van der Waals surface area (Å²) in [7, 11) is 2.48. The lowest BCUT2D eigenvalue weighted by molar-refractivity contribution is -0.117. The Morgan fingerprint density at radius 3 is 2.58 bits per heavy atom. The molecule has 0 saturated heterocycles. The number of methoxy groups -OCH3 is 1. The maximum absolute atomic E-state index is 10.6. The van der Waals surface area contributed by atoms with Crippen molar-refractivity contribution in [2.45, 2.75) is 6.92 Å². The number of hydrogen-bond donors (Lipinski definition) is 2. The SMILES string of the molecule is COCOC(=O)N[B]NC(C)=O. The number of amides is 2. The van der Waals surface area contributed by atoms with Gasteiger partial charge in [-0.25, -0.2) is 4.79 Å². The normalized spacial score (nSPS) is 8.50. The second-order valence-electron chi connectivity index (χ2n) is 1.83. The molecule has 0 rings (SSSR count). The summed E-state index contributed by atoms with van der Waals surface area (Å²) in [4.78, 5) is 20.9. The van der Waals surface area contributed by atoms with E-state index in [-0.39, 0.29) is 12.7 Å². The van der Waals surface area contributed by atoms with E-state index in [1.165, 1.54) is 14.0 Å². The number of nitrogens with one attached hydrogen (secondary N) is 2. The van der Waals surface area contributed by atoms with Crippen LogP contribution in [0.5, 0.6) is 0 Å². The fourth-order valence-corrected chi connectivity index (χ4v) is 0.351. The van der Waals surface area contributed by atoms with Gasteiger partial charge in [0, 0.05) is 14.0 Å². The van der Waals surface area contributed by atoms with Crippen LogP contribution in [-0.2, 0) is 14.3 Å². The van der Waals surface area contributed by atoms with Crippen molar-refractivity contribution in [3.05, 3.63) is 0 Å². The topological polar surface area (TPSA) is 76.7 Å². The molecule has 0 fully saturated rings. The van der Waals surface area contributed by atoms with Crippen LogP contribution in [0.2, 0.25) is 0 Å². The first-order valence-corrected chi connectivity index (χ1v) is 3.18. The summed E-state index contributed by atoms with van der Waals surface area (Å²) in [6.45, 7) is 1.19. The average molecular weight is 173 g/mol. The fraction of sp³-hybridized carbons (Fsp3) is 0.600. The van der Waals surface area contributed by atoms with E-state index < -0.39 is 6.09 Å². The smallest absolute Gasteiger partial charge is 0.398 e. The van der Waals surface area contributed by atoms with E-state index in [2.05, 4.69) is 19.9 Å². The van der Waals surface area contributed by atoms with E-state index in [4.69, 9.17) is 0 Å². The third-order valence-corrected chi connectivity index (χ3v) is 0.773. The van der Waals surface area contributed by atoms with Crippen LogP contribution in [0.4, 0.5) is 4.79 Å². The minimum atomic E-state index is -0.689. The Morgan fingerprint density at radius 2 is 2.08 bits per heavy atom. The lowest BCUT2D eigenvalue weighted by Crippen LogP contribution is -2.40. The maximum atomic E-state index is 10.6. The molecule has 2 N–H and O–H groups in total. The standard InChI is InChI=1S/C5H10BN2O4/c1-4(9)7-6-8-5(10)12-3-11-2/h3H2,1-2H3,(H,7,9)(H,8,10). The molecule has 7 heteroatoms. The third-order valence-electron chi connectivity index (χ3n) is 0.773. The van der Waals surface area contributed by atoms with E-state index in [0.29, 0.717) is 0 Å². The van der Waals surface area contributed by atoms with Gasteiger partial charge in [0.25, 0.3) is 0 Å². The second-order valence-corrected chi connectivity index (χ2v) is 1.83. The highest BCUT2D eigenvalue weighted by molar-refractivity contribution is 6.37. The summed E-state index contributed by atoms with van der Waals surface area (Å²) in [5, 5.41) is 4.39. The van der Waals surface area contributed by atoms with Gasteiger partial charge in [0.2, 0.25) is 5.91 Å². The summed E-state index contributed by atoms with van der Waals surface area (Å²) in [5.41, 5.74) is 0. The van der Waals surface area contributed by atoms with E-state index in [9.17, 15) is 9.59 Å². The quantitative estimate of drug-likeness (QED) is 0.421. The molecule has 0 aliphatic carbocycles. The Kier molecular flexibility index (Phi) is 5.81. The first kappa shape index (κ1) is 10.8. The van der Waals surface area contributed by atoms with Gasteiger partial charge in [-0.15, -0.1) is 0 Å². The van der Waals surface area contributed by atoms with Crippen LogP contribution < -0.4 is 10.5 Å². The van der Waals surface area contributed by atoms with Crippen LogP contribution in [0.1, 0.15) is 6.92 Å². The van der Waals surface area contributed by atoms with Gasteiger partial charge < -0.3 is 19.9 Å². The van der Waals surface area contributed by atoms with Crippen LogP contribution in [0.3, 0.4) is 0 Å². The van der Waals surface area contributed by atoms with Crippen molar-refractivity contribution < 1.29 is 19.1 Å². The molecular formula is C5H10BN2O4. The molecule has 0 aliphatic rings. The van der Waals surface area contributed by atoms with Crippen LogP contribution in [0, 0.1) is 0 Å². The van der Waals surface area contributed by atoms with E-state index in [1.54, 1.807) is 0 Å². The van der Waals surface area contributed by atoms with Crippen molar-refractivity contribution in [1.82, 2.24) is 10.5 Å². The Balaban J connectivity index is 3.25. The number of rotatable bonds is 4. The Hall–Kier alpha value is -1.24. The lowest BCUT2D eigenvalue weighted by atomic mass is 10.2. The third kappa shape index (κ3) is 6.88. The Labute approximate surface area is 70.9 Å². The zero-order chi connectivity index (χ0) is 9.40. The molecule has 0 aliphatic heterocycles. The average Bonchev–Trinajstić information content (AvgIpc) is 2.00. The predicted molar refractivity (Wildman–Crippen MR) is 41.1 cm³/mol. The molecule has 1 radical (unpaired) electrons. The summed E-state index contributed by atoms with van der Waals surface area (Å²) in [6, 6.07) is 0. The largest absolute Gasteiger partial charge is 0.423 e. The van der Waals surface area contributed by atoms with Gasteiger partial charge in [0.1, 0.15) is 0 Å². The molecule has 0 aromatic rings. The molecule has 0 aromatic heterocycles. The maximum Gasteiger partial charge on any atom is 0.398 e. The summed E-state index contributed by atoms with van der Waals surface area (Å²) >= 11 is 0. The fourth-order valence-electron chi connectivity index (χ4n) is 0.351. The summed E-state index contributed by atoms with van der Waals surface area (Å²) in [6.07, 6.45) is -0.689. The number of ether oxygens (including phenoxy) is 2. The molecule has 0 bridgehead atoms. The lowest BCUT2D eigenvalue weighted by Gasteiger charge is -2.03. The number of carbonyl (C=O) groups is 2. The first-order chi connectivity index (χ1) is 5.66. The Bertz CT molecular complexity index is 164. The van der Waals surface area contributed by atoms with Crippen molar-refractivity contribution in [2.24, 2.45) is 0 Å². The molecule has 12 heavy (non-hydrogen) atoms. The van der Waals surface area contributed by atoms with E-state index in [0.717, 1.165) is 7.55 Å². The highest BCUT2D eigenvalue weighted by atomic mass is 16.7. The van der Waals surface area contributed by atoms with Gasteiger partial charge in [0.05, 0.1) is 0 Å². The molecule has 6 nitrogen and oxygen atoms in total. The van der Waals surface area contributed by atoms with E-state index >= 15 is 0 Å². The summed E-state index contributed by atoms with van der Waals surface area (Å²) in [5.74, 6) is -0.276. The van der Waals surface area contributed by atoms with Crippen molar-refractivity contribution in [2.75, 3.05) is 13.9 Å². The van der Waals surface area contributed by atoms with Crippen LogP contribution in [0.15, 0.2) is 0 Å². The Morgan fingerprint density at radius 1 is 1.42 bits per heavy atom. The predicted octanol–water partition coefficient (Wildman–Crippen LogP) is -1.01. The molecule has 2 amide bonds. The van der Waals surface area contributed by atoms with Gasteiger partial charge in [0.15, 0.2) is 6.79 Å². The van der Waals surface area contributed by atoms with Gasteiger partial charge in [-0.1, -0.05) is 0 Å². The molecule has 0 heterocycles. The van der Waals surface area contributed by atoms with Gasteiger partial charge in [-0.3, -0.25) is 4.79 Å². The monoisotopic (exact) mass is 173 g/mol. The molecule has 0 saturated carbocycles. The minimum absolute atomic E-state index is 0.125. The molecule has 0 unspecified atom stereocenters. The van der Waals surface area contributed by atoms with Crippen LogP contribution in [-0.4, -0.2) is 33.5 Å². The molecule has 0 spiro atoms. The van der Waals surface area contributed by atoms with Crippen LogP contribution >= 0.6 is 0 Å². The molecule has 0 aromatic carbocycles. The second kappa shape index (κ2) is 6.47. The van der Waals surface area contributed by atoms with Crippen molar-refractivity contribution >= 4 is 19.5 Å². The first-order valence-electron chi connectivity index (χ1n) is 3.18. The zero-order valence-corrected chi connectivity index (χ0v) is 6.92. The summed E-state index contributed by atoms with van der Waals surface area (Å²) < 4.78 is 8.87. The minimum Gasteiger partial charge on any atom is -0.423 e. The number of hydrogen-bond acceptors (Lipinski definition) is 4. The van der Waals surface area contributed by atoms with Crippen molar-refractivity contribution in [3.8, 4) is 0 Å². The van der Waals surface area contributed by atoms with Gasteiger partial charge in [-0.2, -0.15) is 0 Å². The van der Waals surface area contributed by atoms with Crippen LogP contribution in [0.25, 0.3) is 0 Å². The molecule has 0 atom stereocenters. The highest BCUT2D eigenvalue weighted by Crippen LogP contribution is 1.74.